The van der Waals surface area contributed by atoms with Gasteiger partial charge in [-0.05, 0) is 18.6 Å². The maximum absolute atomic E-state index is 12.0. The average molecular weight is 349 g/mol. The molecule has 0 unspecified atom stereocenters. The highest BCUT2D eigenvalue weighted by molar-refractivity contribution is 8.14. The topological polar surface area (TPSA) is 72.5 Å². The lowest BCUT2D eigenvalue weighted by molar-refractivity contribution is -0.136. The second kappa shape index (κ2) is 9.47. The average Bonchev–Trinajstić information content (AvgIpc) is 2.59. The number of benzene rings is 1. The van der Waals surface area contributed by atoms with Crippen molar-refractivity contribution in [1.82, 2.24) is 5.32 Å². The molecule has 0 radical (unpaired) electrons. The maximum atomic E-state index is 12.0. The largest absolute Gasteiger partial charge is 0.485 e. The summed E-state index contributed by atoms with van der Waals surface area (Å²) in [6, 6.07) is 9.09. The number of hydrogen-bond donors (Lipinski definition) is 1. The second-order valence-electron chi connectivity index (χ2n) is 5.83. The van der Waals surface area contributed by atoms with Crippen LogP contribution in [0.3, 0.4) is 0 Å². The zero-order valence-corrected chi connectivity index (χ0v) is 14.6. The fourth-order valence-electron chi connectivity index (χ4n) is 2.45. The molecular weight excluding hydrogens is 326 g/mol. The minimum Gasteiger partial charge on any atom is -0.485 e. The Morgan fingerprint density at radius 1 is 1.21 bits per heavy atom. The molecular formula is C18H23NO4S. The summed E-state index contributed by atoms with van der Waals surface area (Å²) in [5.74, 6) is 0.187. The van der Waals surface area contributed by atoms with Crippen LogP contribution in [-0.4, -0.2) is 28.8 Å². The predicted molar refractivity (Wildman–Crippen MR) is 93.7 cm³/mol. The smallest absolute Gasteiger partial charge is 0.228 e. The molecule has 24 heavy (non-hydrogen) atoms. The Morgan fingerprint density at radius 2 is 1.96 bits per heavy atom. The highest BCUT2D eigenvalue weighted by Crippen LogP contribution is 2.30. The summed E-state index contributed by atoms with van der Waals surface area (Å²) in [5, 5.41) is 2.21. The first-order valence-corrected chi connectivity index (χ1v) is 9.17. The molecule has 1 amide bonds. The Bertz CT molecular complexity index is 576. The Hall–Kier alpha value is -1.82. The molecule has 0 spiro atoms. The molecule has 1 saturated heterocycles. The van der Waals surface area contributed by atoms with Gasteiger partial charge in [-0.3, -0.25) is 14.4 Å². The lowest BCUT2D eigenvalue weighted by Crippen LogP contribution is -2.57. The van der Waals surface area contributed by atoms with E-state index >= 15 is 0 Å². The van der Waals surface area contributed by atoms with Crippen LogP contribution in [0.1, 0.15) is 39.0 Å². The third kappa shape index (κ3) is 5.67. The quantitative estimate of drug-likeness (QED) is 0.519. The monoisotopic (exact) mass is 349 g/mol. The molecule has 1 aromatic rings. The summed E-state index contributed by atoms with van der Waals surface area (Å²) in [4.78, 5) is 35.5. The summed E-state index contributed by atoms with van der Waals surface area (Å²) in [6.45, 7) is 2.03. The molecule has 5 nitrogen and oxygen atoms in total. The van der Waals surface area contributed by atoms with E-state index in [1.807, 2.05) is 18.2 Å². The number of thioether (sulfide) groups is 1. The Morgan fingerprint density at radius 3 is 2.62 bits per heavy atom. The van der Waals surface area contributed by atoms with E-state index < -0.39 is 5.92 Å². The van der Waals surface area contributed by atoms with E-state index in [4.69, 9.17) is 4.74 Å². The molecule has 1 fully saturated rings. The summed E-state index contributed by atoms with van der Waals surface area (Å²) in [6.07, 6.45) is 3.69. The highest BCUT2D eigenvalue weighted by atomic mass is 32.2. The van der Waals surface area contributed by atoms with Crippen LogP contribution in [0.2, 0.25) is 0 Å². The van der Waals surface area contributed by atoms with Gasteiger partial charge in [0.15, 0.2) is 6.61 Å². The van der Waals surface area contributed by atoms with Crippen LogP contribution in [0.15, 0.2) is 30.3 Å². The maximum Gasteiger partial charge on any atom is 0.228 e. The van der Waals surface area contributed by atoms with Crippen molar-refractivity contribution in [3.05, 3.63) is 30.3 Å². The van der Waals surface area contributed by atoms with Crippen LogP contribution < -0.4 is 10.1 Å². The van der Waals surface area contributed by atoms with Crippen molar-refractivity contribution in [2.45, 2.75) is 44.4 Å². The van der Waals surface area contributed by atoms with Gasteiger partial charge >= 0.3 is 0 Å². The first-order valence-electron chi connectivity index (χ1n) is 8.29. The fraction of sp³-hybridized carbons (Fsp3) is 0.500. The number of Topliss-reactive ketones (excluding diaryl/α,β-unsaturated/α-hetero) is 1. The van der Waals surface area contributed by atoms with Gasteiger partial charge in [0.05, 0.1) is 11.3 Å². The highest BCUT2D eigenvalue weighted by Gasteiger charge is 2.41. The second-order valence-corrected chi connectivity index (χ2v) is 7.03. The van der Waals surface area contributed by atoms with Crippen LogP contribution in [0, 0.1) is 5.92 Å². The number of nitrogens with one attached hydrogen (secondary N) is 1. The van der Waals surface area contributed by atoms with Gasteiger partial charge in [-0.25, -0.2) is 0 Å². The number of carbonyl (C=O) groups excluding carboxylic acids is 3. The van der Waals surface area contributed by atoms with Crippen LogP contribution in [0.4, 0.5) is 0 Å². The van der Waals surface area contributed by atoms with E-state index in [1.54, 1.807) is 12.1 Å². The molecule has 1 aliphatic rings. The van der Waals surface area contributed by atoms with Crippen molar-refractivity contribution in [2.24, 2.45) is 5.92 Å². The third-order valence-electron chi connectivity index (χ3n) is 3.85. The minimum absolute atomic E-state index is 0.0573. The molecule has 130 valence electrons. The van der Waals surface area contributed by atoms with Crippen molar-refractivity contribution >= 4 is 28.6 Å². The fourth-order valence-corrected chi connectivity index (χ4v) is 3.42. The minimum atomic E-state index is -0.398. The molecule has 0 aliphatic carbocycles. The summed E-state index contributed by atoms with van der Waals surface area (Å²) in [7, 11) is 0. The number of β-lactam (4-membered cyclic amide) rings is 1. The van der Waals surface area contributed by atoms with Crippen molar-refractivity contribution in [1.29, 1.82) is 0 Å². The van der Waals surface area contributed by atoms with Crippen LogP contribution in [0.25, 0.3) is 0 Å². The normalized spacial score (nSPS) is 19.3. The molecule has 0 bridgehead atoms. The zero-order chi connectivity index (χ0) is 17.4. The van der Waals surface area contributed by atoms with Gasteiger partial charge in [0, 0.05) is 12.8 Å². The Labute approximate surface area is 146 Å². The van der Waals surface area contributed by atoms with E-state index in [0.29, 0.717) is 12.2 Å². The molecule has 2 rings (SSSR count). The number of hydrogen-bond acceptors (Lipinski definition) is 5. The summed E-state index contributed by atoms with van der Waals surface area (Å²) < 4.78 is 5.40. The van der Waals surface area contributed by atoms with Gasteiger partial charge < -0.3 is 10.1 Å². The molecule has 1 aliphatic heterocycles. The standard InChI is InChI=1S/C18H23NO4S/c1-2-3-5-8-13(20)11-15-17(22)19-18(15)24-16(21)12-23-14-9-6-4-7-10-14/h4,6-7,9-10,15,18H,2-3,5,8,11-12H2,1H3,(H,19,22)/t15-,18-/m1/s1. The predicted octanol–water partition coefficient (Wildman–Crippen LogP) is 2.94. The number of ketones is 1. The Kier molecular flexibility index (Phi) is 7.31. The van der Waals surface area contributed by atoms with Crippen LogP contribution in [-0.2, 0) is 14.4 Å². The zero-order valence-electron chi connectivity index (χ0n) is 13.8. The van der Waals surface area contributed by atoms with E-state index in [0.717, 1.165) is 31.0 Å². The first kappa shape index (κ1) is 18.5. The lowest BCUT2D eigenvalue weighted by Gasteiger charge is -2.35. The number of ether oxygens (including phenoxy) is 1. The number of para-hydroxylation sites is 1. The third-order valence-corrected chi connectivity index (χ3v) is 4.93. The van der Waals surface area contributed by atoms with E-state index in [2.05, 4.69) is 12.2 Å². The van der Waals surface area contributed by atoms with Crippen molar-refractivity contribution in [2.75, 3.05) is 6.61 Å². The van der Waals surface area contributed by atoms with Crippen LogP contribution in [0.5, 0.6) is 5.75 Å². The molecule has 1 N–H and O–H groups in total. The molecule has 0 aromatic heterocycles. The van der Waals surface area contributed by atoms with E-state index in [1.165, 1.54) is 0 Å². The van der Waals surface area contributed by atoms with Gasteiger partial charge in [-0.2, -0.15) is 0 Å². The number of carbonyl (C=O) groups is 3. The Balaban J connectivity index is 1.72. The summed E-state index contributed by atoms with van der Waals surface area (Å²) >= 11 is 1.04. The molecule has 1 heterocycles. The van der Waals surface area contributed by atoms with Crippen LogP contribution >= 0.6 is 11.8 Å². The number of rotatable bonds is 10. The molecule has 2 atom stereocenters. The molecule has 6 heteroatoms. The summed E-state index contributed by atoms with van der Waals surface area (Å²) in [5.41, 5.74) is 0. The SMILES string of the molecule is CCCCCC(=O)C[C@@H]1C(=O)N[C@@H]1SC(=O)COc1ccccc1. The van der Waals surface area contributed by atoms with Gasteiger partial charge in [0.1, 0.15) is 11.5 Å². The van der Waals surface area contributed by atoms with Gasteiger partial charge in [0.25, 0.3) is 0 Å². The first-order chi connectivity index (χ1) is 11.6. The molecule has 0 saturated carbocycles. The lowest BCUT2D eigenvalue weighted by atomic mass is 9.93. The van der Waals surface area contributed by atoms with Crippen molar-refractivity contribution in [3.8, 4) is 5.75 Å². The van der Waals surface area contributed by atoms with E-state index in [9.17, 15) is 14.4 Å². The van der Waals surface area contributed by atoms with E-state index in [-0.39, 0.29) is 35.2 Å². The van der Waals surface area contributed by atoms with Crippen molar-refractivity contribution in [3.63, 3.8) is 0 Å². The number of amides is 1. The van der Waals surface area contributed by atoms with Gasteiger partial charge in [0.2, 0.25) is 11.0 Å². The van der Waals surface area contributed by atoms with Gasteiger partial charge in [-0.1, -0.05) is 49.7 Å². The molecule has 1 aromatic carbocycles. The van der Waals surface area contributed by atoms with Crippen molar-refractivity contribution < 1.29 is 19.1 Å². The van der Waals surface area contributed by atoms with Gasteiger partial charge in [-0.15, -0.1) is 0 Å². The number of unbranched alkanes of at least 4 members (excludes halogenated alkanes) is 2.